The van der Waals surface area contributed by atoms with Gasteiger partial charge >= 0.3 is 0 Å². The van der Waals surface area contributed by atoms with E-state index in [1.807, 2.05) is 18.2 Å². The van der Waals surface area contributed by atoms with E-state index in [-0.39, 0.29) is 11.5 Å². The summed E-state index contributed by atoms with van der Waals surface area (Å²) in [6, 6.07) is 10.1. The molecule has 1 aliphatic rings. The van der Waals surface area contributed by atoms with E-state index in [0.29, 0.717) is 0 Å². The van der Waals surface area contributed by atoms with Gasteiger partial charge in [0.25, 0.3) is 0 Å². The lowest BCUT2D eigenvalue weighted by Crippen LogP contribution is -1.78. The van der Waals surface area contributed by atoms with E-state index in [9.17, 15) is 0 Å². The summed E-state index contributed by atoms with van der Waals surface area (Å²) in [6.45, 7) is 0. The van der Waals surface area contributed by atoms with Crippen LogP contribution in [0.15, 0.2) is 30.3 Å². The molecule has 0 radical (unpaired) electrons. The molecule has 1 heterocycles. The molecule has 2 heteroatoms. The average Bonchev–Trinajstić information content (AvgIpc) is 2.69. The van der Waals surface area contributed by atoms with Crippen molar-refractivity contribution in [1.29, 1.82) is 0 Å². The highest BCUT2D eigenvalue weighted by Gasteiger charge is 2.36. The molecule has 0 spiro atoms. The Morgan fingerprint density at radius 3 is 2.30 bits per heavy atom. The topological polar surface area (TPSA) is 12.5 Å². The fraction of sp³-hybridized carbons (Fsp3) is 0.250. The zero-order chi connectivity index (χ0) is 6.97. The van der Waals surface area contributed by atoms with Crippen molar-refractivity contribution in [3.8, 4) is 0 Å². The van der Waals surface area contributed by atoms with Gasteiger partial charge in [0.05, 0.1) is 0 Å². The van der Waals surface area contributed by atoms with E-state index >= 15 is 0 Å². The highest BCUT2D eigenvalue weighted by molar-refractivity contribution is 7.81. The van der Waals surface area contributed by atoms with Gasteiger partial charge in [-0.1, -0.05) is 30.3 Å². The normalized spacial score (nSPS) is 30.1. The first-order valence-electron chi connectivity index (χ1n) is 3.26. The maximum absolute atomic E-state index is 5.17. The third-order valence-corrected chi connectivity index (χ3v) is 1.99. The Balaban J connectivity index is 2.20. The molecule has 1 aromatic rings. The highest BCUT2D eigenvalue weighted by atomic mass is 32.1. The summed E-state index contributed by atoms with van der Waals surface area (Å²) in [5.41, 5.74) is 1.35. The molecule has 2 rings (SSSR count). The molecule has 2 atom stereocenters. The number of ether oxygens (including phenoxy) is 1. The molecular formula is C8H8OS. The van der Waals surface area contributed by atoms with Crippen LogP contribution < -0.4 is 0 Å². The number of epoxide rings is 1. The molecule has 1 fully saturated rings. The van der Waals surface area contributed by atoms with E-state index in [1.54, 1.807) is 0 Å². The minimum absolute atomic E-state index is 0.127. The predicted octanol–water partition coefficient (Wildman–Crippen LogP) is 2.01. The van der Waals surface area contributed by atoms with Crippen LogP contribution in [0.2, 0.25) is 0 Å². The Morgan fingerprint density at radius 1 is 1.20 bits per heavy atom. The minimum Gasteiger partial charge on any atom is -0.353 e. The first kappa shape index (κ1) is 6.25. The summed E-state index contributed by atoms with van der Waals surface area (Å²) < 4.78 is 5.17. The molecule has 0 N–H and O–H groups in total. The van der Waals surface area contributed by atoms with E-state index in [1.165, 1.54) is 5.56 Å². The molecule has 1 saturated heterocycles. The van der Waals surface area contributed by atoms with Gasteiger partial charge in [0, 0.05) is 0 Å². The molecule has 1 aliphatic heterocycles. The molecular weight excluding hydrogens is 144 g/mol. The van der Waals surface area contributed by atoms with Gasteiger partial charge in [-0.25, -0.2) is 0 Å². The number of rotatable bonds is 1. The average molecular weight is 152 g/mol. The monoisotopic (exact) mass is 152 g/mol. The lowest BCUT2D eigenvalue weighted by Gasteiger charge is -1.90. The molecule has 0 aromatic heterocycles. The van der Waals surface area contributed by atoms with Gasteiger partial charge in [0.2, 0.25) is 0 Å². The molecule has 1 nitrogen and oxygen atoms in total. The molecule has 0 bridgehead atoms. The van der Waals surface area contributed by atoms with Crippen molar-refractivity contribution in [2.45, 2.75) is 11.5 Å². The molecule has 10 heavy (non-hydrogen) atoms. The summed E-state index contributed by atoms with van der Waals surface area (Å²) >= 11 is 4.16. The number of thiol groups is 1. The summed E-state index contributed by atoms with van der Waals surface area (Å²) in [6.07, 6.45) is 0.240. The smallest absolute Gasteiger partial charge is 0.131 e. The van der Waals surface area contributed by atoms with Gasteiger partial charge in [-0.3, -0.25) is 0 Å². The van der Waals surface area contributed by atoms with Crippen LogP contribution in [0.3, 0.4) is 0 Å². The largest absolute Gasteiger partial charge is 0.353 e. The number of hydrogen-bond donors (Lipinski definition) is 1. The SMILES string of the molecule is SC1OC1c1ccccc1. The van der Waals surface area contributed by atoms with E-state index in [2.05, 4.69) is 24.8 Å². The zero-order valence-electron chi connectivity index (χ0n) is 5.40. The third-order valence-electron chi connectivity index (χ3n) is 1.60. The summed E-state index contributed by atoms with van der Waals surface area (Å²) in [4.78, 5) is 0. The van der Waals surface area contributed by atoms with Crippen molar-refractivity contribution in [3.05, 3.63) is 35.9 Å². The predicted molar refractivity (Wildman–Crippen MR) is 43.0 cm³/mol. The lowest BCUT2D eigenvalue weighted by atomic mass is 10.2. The Morgan fingerprint density at radius 2 is 1.80 bits per heavy atom. The van der Waals surface area contributed by atoms with Crippen LogP contribution in [-0.2, 0) is 4.74 Å². The molecule has 1 aromatic carbocycles. The first-order chi connectivity index (χ1) is 4.88. The molecule has 2 unspecified atom stereocenters. The van der Waals surface area contributed by atoms with Crippen molar-refractivity contribution >= 4 is 12.6 Å². The summed E-state index contributed by atoms with van der Waals surface area (Å²) in [7, 11) is 0. The van der Waals surface area contributed by atoms with Gasteiger partial charge in [-0.15, -0.1) is 12.6 Å². The van der Waals surface area contributed by atoms with Gasteiger partial charge in [0.15, 0.2) is 0 Å². The van der Waals surface area contributed by atoms with Crippen LogP contribution in [0.1, 0.15) is 11.7 Å². The van der Waals surface area contributed by atoms with Crippen molar-refractivity contribution in [2.24, 2.45) is 0 Å². The maximum Gasteiger partial charge on any atom is 0.131 e. The second-order valence-corrected chi connectivity index (χ2v) is 2.87. The molecule has 0 saturated carbocycles. The Kier molecular flexibility index (Phi) is 1.43. The van der Waals surface area contributed by atoms with Gasteiger partial charge in [-0.2, -0.15) is 0 Å². The quantitative estimate of drug-likeness (QED) is 0.479. The number of hydrogen-bond acceptors (Lipinski definition) is 2. The van der Waals surface area contributed by atoms with E-state index in [0.717, 1.165) is 0 Å². The van der Waals surface area contributed by atoms with Crippen LogP contribution in [0.25, 0.3) is 0 Å². The highest BCUT2D eigenvalue weighted by Crippen LogP contribution is 2.40. The number of benzene rings is 1. The fourth-order valence-electron chi connectivity index (χ4n) is 0.991. The third kappa shape index (κ3) is 1.04. The van der Waals surface area contributed by atoms with Crippen LogP contribution >= 0.6 is 12.6 Å². The van der Waals surface area contributed by atoms with Gasteiger partial charge in [-0.05, 0) is 5.56 Å². The van der Waals surface area contributed by atoms with Gasteiger partial charge < -0.3 is 4.74 Å². The van der Waals surface area contributed by atoms with Crippen LogP contribution in [0.4, 0.5) is 0 Å². The maximum atomic E-state index is 5.17. The van der Waals surface area contributed by atoms with E-state index in [4.69, 9.17) is 4.74 Å². The summed E-state index contributed by atoms with van der Waals surface area (Å²) in [5, 5.41) is 0. The van der Waals surface area contributed by atoms with Crippen molar-refractivity contribution in [1.82, 2.24) is 0 Å². The van der Waals surface area contributed by atoms with Crippen LogP contribution in [0, 0.1) is 0 Å². The molecule has 52 valence electrons. The minimum atomic E-state index is 0.127. The molecule has 0 aliphatic carbocycles. The van der Waals surface area contributed by atoms with Crippen LogP contribution in [-0.4, -0.2) is 5.44 Å². The first-order valence-corrected chi connectivity index (χ1v) is 3.78. The standard InChI is InChI=1S/C8H8OS/c10-8-7(9-8)6-4-2-1-3-5-6/h1-5,7-8,10H. The van der Waals surface area contributed by atoms with Crippen molar-refractivity contribution in [2.75, 3.05) is 0 Å². The second-order valence-electron chi connectivity index (χ2n) is 2.36. The van der Waals surface area contributed by atoms with Gasteiger partial charge in [0.1, 0.15) is 11.5 Å². The van der Waals surface area contributed by atoms with Crippen LogP contribution in [0.5, 0.6) is 0 Å². The molecule has 0 amide bonds. The Bertz CT molecular complexity index is 222. The Hall–Kier alpha value is -0.470. The van der Waals surface area contributed by atoms with Crippen molar-refractivity contribution in [3.63, 3.8) is 0 Å². The lowest BCUT2D eigenvalue weighted by molar-refractivity contribution is 0.407. The van der Waals surface area contributed by atoms with Crippen molar-refractivity contribution < 1.29 is 4.74 Å². The zero-order valence-corrected chi connectivity index (χ0v) is 6.29. The fourth-order valence-corrected chi connectivity index (χ4v) is 1.29. The summed E-state index contributed by atoms with van der Waals surface area (Å²) in [5.74, 6) is 0. The second kappa shape index (κ2) is 2.29. The Labute approximate surface area is 65.4 Å². The van der Waals surface area contributed by atoms with E-state index < -0.39 is 0 Å².